The zero-order valence-electron chi connectivity index (χ0n) is 12.2. The molecule has 0 radical (unpaired) electrons. The lowest BCUT2D eigenvalue weighted by molar-refractivity contribution is -0.257. The van der Waals surface area contributed by atoms with Crippen LogP contribution in [0.25, 0.3) is 0 Å². The van der Waals surface area contributed by atoms with E-state index in [2.05, 4.69) is 6.92 Å². The van der Waals surface area contributed by atoms with Gasteiger partial charge < -0.3 is 20.3 Å². The van der Waals surface area contributed by atoms with Crippen molar-refractivity contribution in [1.82, 2.24) is 0 Å². The molecule has 1 aliphatic rings. The van der Waals surface area contributed by atoms with Crippen molar-refractivity contribution in [2.75, 3.05) is 20.8 Å². The van der Waals surface area contributed by atoms with Gasteiger partial charge in [-0.05, 0) is 25.7 Å². The highest BCUT2D eigenvalue weighted by Gasteiger charge is 2.53. The van der Waals surface area contributed by atoms with Crippen molar-refractivity contribution in [3.05, 3.63) is 0 Å². The second-order valence-electron chi connectivity index (χ2n) is 5.81. The van der Waals surface area contributed by atoms with Gasteiger partial charge in [-0.3, -0.25) is 0 Å². The summed E-state index contributed by atoms with van der Waals surface area (Å²) in [5, 5.41) is 10.9. The third-order valence-corrected chi connectivity index (χ3v) is 4.88. The molecule has 0 heterocycles. The first-order valence-corrected chi connectivity index (χ1v) is 6.95. The number of ether oxygens (including phenoxy) is 2. The van der Waals surface area contributed by atoms with Gasteiger partial charge in [0.2, 0.25) is 0 Å². The largest absolute Gasteiger partial charge is 0.384 e. The summed E-state index contributed by atoms with van der Waals surface area (Å²) in [6.07, 6.45) is 4.76. The average molecular weight is 259 g/mol. The van der Waals surface area contributed by atoms with Crippen LogP contribution in [0.3, 0.4) is 0 Å². The first-order chi connectivity index (χ1) is 8.47. The van der Waals surface area contributed by atoms with E-state index < -0.39 is 11.9 Å². The molecule has 0 amide bonds. The second kappa shape index (κ2) is 6.33. The predicted octanol–water partition coefficient (Wildman–Crippen LogP) is 1.90. The lowest BCUT2D eigenvalue weighted by Crippen LogP contribution is -2.60. The van der Waals surface area contributed by atoms with Gasteiger partial charge in [-0.15, -0.1) is 0 Å². The maximum Gasteiger partial charge on any atom is 0.185 e. The van der Waals surface area contributed by atoms with Crippen LogP contribution >= 0.6 is 0 Å². The number of aliphatic hydroxyl groups is 1. The Labute approximate surface area is 111 Å². The number of hydrogen-bond acceptors (Lipinski definition) is 4. The third kappa shape index (κ3) is 2.72. The van der Waals surface area contributed by atoms with E-state index in [1.165, 1.54) is 6.42 Å². The summed E-state index contributed by atoms with van der Waals surface area (Å²) in [4.78, 5) is 0. The number of nitrogens with two attached hydrogens (primary N) is 1. The Morgan fingerprint density at radius 1 is 1.44 bits per heavy atom. The van der Waals surface area contributed by atoms with Crippen molar-refractivity contribution in [3.8, 4) is 0 Å². The van der Waals surface area contributed by atoms with Gasteiger partial charge >= 0.3 is 0 Å². The first kappa shape index (κ1) is 15.9. The molecule has 0 bridgehead atoms. The summed E-state index contributed by atoms with van der Waals surface area (Å²) in [5.74, 6) is 0.642. The molecule has 4 nitrogen and oxygen atoms in total. The maximum absolute atomic E-state index is 10.9. The topological polar surface area (TPSA) is 64.7 Å². The van der Waals surface area contributed by atoms with Gasteiger partial charge in [0.05, 0.1) is 0 Å². The molecule has 0 aromatic rings. The van der Waals surface area contributed by atoms with Crippen molar-refractivity contribution < 1.29 is 14.6 Å². The summed E-state index contributed by atoms with van der Waals surface area (Å²) in [5.41, 5.74) is 4.66. The van der Waals surface area contributed by atoms with Crippen LogP contribution in [0.1, 0.15) is 46.0 Å². The fourth-order valence-corrected chi connectivity index (χ4v) is 3.49. The van der Waals surface area contributed by atoms with Crippen LogP contribution in [-0.2, 0) is 9.47 Å². The predicted molar refractivity (Wildman–Crippen MR) is 72.2 cm³/mol. The van der Waals surface area contributed by atoms with Crippen LogP contribution < -0.4 is 5.73 Å². The van der Waals surface area contributed by atoms with E-state index in [0.717, 1.165) is 25.7 Å². The van der Waals surface area contributed by atoms with Gasteiger partial charge in [0.25, 0.3) is 0 Å². The number of rotatable bonds is 6. The molecule has 0 saturated heterocycles. The Balaban J connectivity index is 2.97. The summed E-state index contributed by atoms with van der Waals surface area (Å²) in [6.45, 7) is 4.48. The molecule has 4 heteroatoms. The van der Waals surface area contributed by atoms with Crippen LogP contribution in [0.5, 0.6) is 0 Å². The molecular weight excluding hydrogens is 230 g/mol. The molecule has 18 heavy (non-hydrogen) atoms. The van der Waals surface area contributed by atoms with Crippen molar-refractivity contribution in [3.63, 3.8) is 0 Å². The fourth-order valence-electron chi connectivity index (χ4n) is 3.49. The molecular formula is C14H29NO3. The zero-order valence-corrected chi connectivity index (χ0v) is 12.2. The Morgan fingerprint density at radius 2 is 2.06 bits per heavy atom. The molecule has 1 saturated carbocycles. The standard InChI is InChI=1S/C14H29NO3/c1-5-11-7-6-8-14(9-11,10-15)13(2,16)12(17-3)18-4/h11-12,16H,5-10,15H2,1-4H3. The highest BCUT2D eigenvalue weighted by atomic mass is 16.7. The molecule has 0 spiro atoms. The molecule has 0 aromatic carbocycles. The molecule has 1 aliphatic carbocycles. The second-order valence-corrected chi connectivity index (χ2v) is 5.81. The molecule has 3 atom stereocenters. The van der Waals surface area contributed by atoms with Gasteiger partial charge in [-0.25, -0.2) is 0 Å². The normalized spacial score (nSPS) is 32.5. The van der Waals surface area contributed by atoms with Gasteiger partial charge in [0.15, 0.2) is 6.29 Å². The Kier molecular flexibility index (Phi) is 5.59. The molecule has 108 valence electrons. The highest BCUT2D eigenvalue weighted by molar-refractivity contribution is 5.02. The van der Waals surface area contributed by atoms with E-state index in [0.29, 0.717) is 12.5 Å². The average Bonchev–Trinajstić information content (AvgIpc) is 2.39. The van der Waals surface area contributed by atoms with Crippen molar-refractivity contribution >= 4 is 0 Å². The van der Waals surface area contributed by atoms with Crippen LogP contribution in [0, 0.1) is 11.3 Å². The van der Waals surface area contributed by atoms with E-state index in [4.69, 9.17) is 15.2 Å². The third-order valence-electron chi connectivity index (χ3n) is 4.88. The van der Waals surface area contributed by atoms with Gasteiger partial charge in [0.1, 0.15) is 5.60 Å². The first-order valence-electron chi connectivity index (χ1n) is 6.95. The minimum absolute atomic E-state index is 0.303. The molecule has 0 aliphatic heterocycles. The van der Waals surface area contributed by atoms with Gasteiger partial charge in [-0.2, -0.15) is 0 Å². The summed E-state index contributed by atoms with van der Waals surface area (Å²) in [7, 11) is 3.12. The molecule has 3 unspecified atom stereocenters. The van der Waals surface area contributed by atoms with E-state index in [1.54, 1.807) is 21.1 Å². The van der Waals surface area contributed by atoms with Crippen molar-refractivity contribution in [2.45, 2.75) is 57.8 Å². The highest BCUT2D eigenvalue weighted by Crippen LogP contribution is 2.48. The van der Waals surface area contributed by atoms with Crippen LogP contribution in [0.15, 0.2) is 0 Å². The maximum atomic E-state index is 10.9. The minimum Gasteiger partial charge on any atom is -0.384 e. The monoisotopic (exact) mass is 259 g/mol. The van der Waals surface area contributed by atoms with Crippen LogP contribution in [0.4, 0.5) is 0 Å². The molecule has 0 aromatic heterocycles. The summed E-state index contributed by atoms with van der Waals surface area (Å²) >= 11 is 0. The van der Waals surface area contributed by atoms with Crippen LogP contribution in [0.2, 0.25) is 0 Å². The zero-order chi connectivity index (χ0) is 13.8. The smallest absolute Gasteiger partial charge is 0.185 e. The van der Waals surface area contributed by atoms with E-state index in [1.807, 2.05) is 0 Å². The Morgan fingerprint density at radius 3 is 2.50 bits per heavy atom. The quantitative estimate of drug-likeness (QED) is 0.715. The fraction of sp³-hybridized carbons (Fsp3) is 1.00. The summed E-state index contributed by atoms with van der Waals surface area (Å²) < 4.78 is 10.6. The molecule has 1 rings (SSSR count). The van der Waals surface area contributed by atoms with E-state index in [-0.39, 0.29) is 5.41 Å². The lowest BCUT2D eigenvalue weighted by atomic mass is 9.60. The molecule has 3 N–H and O–H groups in total. The SMILES string of the molecule is CCC1CCCC(CN)(C(C)(O)C(OC)OC)C1. The van der Waals surface area contributed by atoms with Crippen molar-refractivity contribution in [2.24, 2.45) is 17.1 Å². The number of hydrogen-bond donors (Lipinski definition) is 2. The van der Waals surface area contributed by atoms with E-state index >= 15 is 0 Å². The van der Waals surface area contributed by atoms with Crippen molar-refractivity contribution in [1.29, 1.82) is 0 Å². The van der Waals surface area contributed by atoms with Gasteiger partial charge in [-0.1, -0.05) is 26.2 Å². The summed E-state index contributed by atoms with van der Waals surface area (Å²) in [6, 6.07) is 0. The van der Waals surface area contributed by atoms with E-state index in [9.17, 15) is 5.11 Å². The van der Waals surface area contributed by atoms with Gasteiger partial charge in [0, 0.05) is 26.2 Å². The van der Waals surface area contributed by atoms with Crippen LogP contribution in [-0.4, -0.2) is 37.8 Å². The molecule has 1 fully saturated rings. The number of methoxy groups -OCH3 is 2. The lowest BCUT2D eigenvalue weighted by Gasteiger charge is -2.51. The Bertz CT molecular complexity index is 253. The Hall–Kier alpha value is -0.160. The minimum atomic E-state index is -1.06.